The van der Waals surface area contributed by atoms with Gasteiger partial charge in [-0.25, -0.2) is 19.9 Å². The van der Waals surface area contributed by atoms with Crippen LogP contribution >= 0.6 is 7.82 Å². The van der Waals surface area contributed by atoms with Gasteiger partial charge >= 0.3 is 59.1 Å². The zero-order valence-electron chi connectivity index (χ0n) is 25.8. The van der Waals surface area contributed by atoms with E-state index in [-0.39, 0.29) is 82.0 Å². The maximum Gasteiger partial charge on any atom is 1.00 e. The van der Waals surface area contributed by atoms with Crippen molar-refractivity contribution < 1.29 is 98.0 Å². The van der Waals surface area contributed by atoms with Crippen LogP contribution in [-0.2, 0) is 13.8 Å². The molecule has 2 aromatic rings. The topological polar surface area (TPSA) is 198 Å². The number of unbranched alkanes of at least 4 members (excludes halogenated alkanes) is 13. The third-order valence-electron chi connectivity index (χ3n) is 7.33. The zero-order valence-corrected chi connectivity index (χ0v) is 30.7. The number of aliphatic hydroxyl groups is 2. The standard InChI is InChI=1S/C27H46N5O8P.2Na/c1-2-3-4-5-6-7-8-9-10-11-12-13-14-15-16-21(34)31-25-22-26(29-18-28-25)32(19-30-22)27-23(35)24(20(17-33)39-27)40-41(36,37)38;;/h18-20,23-24,27,33,35H,2-17H2,1H3,(H2,36,37,38)(H,28,29,31,34);;/q;2*+1/p-2/t20-,23-,24-,27-;;/m1../s1. The van der Waals surface area contributed by atoms with E-state index in [1.807, 2.05) is 0 Å². The molecule has 3 N–H and O–H groups in total. The van der Waals surface area contributed by atoms with E-state index in [1.165, 1.54) is 87.9 Å². The maximum absolute atomic E-state index is 12.5. The predicted octanol–water partition coefficient (Wildman–Crippen LogP) is -2.81. The number of nitrogens with zero attached hydrogens (tertiary/aromatic N) is 5. The van der Waals surface area contributed by atoms with Crippen LogP contribution in [0.15, 0.2) is 17.6 Å². The SMILES string of the molecule is CCCCCCCCCCCCCCCCC([O-])=Nc1ncnc2c1ncn2[C@@H]1O[C@H](CO)[C@@H](OP(=O)([O-])O)[C@H]1O.[Na+].[Na+]. The summed E-state index contributed by atoms with van der Waals surface area (Å²) < 4.78 is 22.6. The molecule has 0 bridgehead atoms. The minimum Gasteiger partial charge on any atom is -0.862 e. The Labute approximate surface area is 298 Å². The molecule has 0 spiro atoms. The van der Waals surface area contributed by atoms with Crippen molar-refractivity contribution in [1.29, 1.82) is 0 Å². The van der Waals surface area contributed by atoms with Crippen LogP contribution < -0.4 is 69.1 Å². The summed E-state index contributed by atoms with van der Waals surface area (Å²) in [6.07, 6.45) is 14.4. The van der Waals surface area contributed by atoms with Gasteiger partial charge in [-0.2, -0.15) is 0 Å². The first kappa shape index (κ1) is 41.0. The van der Waals surface area contributed by atoms with Gasteiger partial charge in [0.15, 0.2) is 23.2 Å². The number of fused-ring (bicyclic) bond motifs is 1. The number of phosphoric ester groups is 1. The molecule has 3 heterocycles. The maximum atomic E-state index is 12.5. The van der Waals surface area contributed by atoms with Gasteiger partial charge in [0.05, 0.1) is 12.9 Å². The van der Waals surface area contributed by atoms with Gasteiger partial charge in [-0.3, -0.25) is 9.13 Å². The van der Waals surface area contributed by atoms with E-state index in [4.69, 9.17) is 9.63 Å². The zero-order chi connectivity index (χ0) is 29.7. The molecule has 0 amide bonds. The van der Waals surface area contributed by atoms with E-state index < -0.39 is 39.0 Å². The Morgan fingerprint density at radius 3 is 2.09 bits per heavy atom. The second-order valence-electron chi connectivity index (χ2n) is 10.6. The van der Waals surface area contributed by atoms with Gasteiger partial charge in [-0.15, -0.1) is 0 Å². The normalized spacial score (nSPS) is 21.8. The molecule has 0 aliphatic carbocycles. The summed E-state index contributed by atoms with van der Waals surface area (Å²) >= 11 is 0. The largest absolute Gasteiger partial charge is 1.00 e. The van der Waals surface area contributed by atoms with Crippen molar-refractivity contribution in [2.24, 2.45) is 4.99 Å². The Bertz CT molecular complexity index is 1140. The summed E-state index contributed by atoms with van der Waals surface area (Å²) in [5.41, 5.74) is 0.373. The van der Waals surface area contributed by atoms with Crippen LogP contribution in [0.2, 0.25) is 0 Å². The Hall–Kier alpha value is 0.01000. The molecule has 16 heteroatoms. The summed E-state index contributed by atoms with van der Waals surface area (Å²) in [4.78, 5) is 36.7. The molecular weight excluding hydrogens is 599 g/mol. The van der Waals surface area contributed by atoms with Gasteiger partial charge in [-0.05, 0) is 18.7 Å². The molecule has 5 atom stereocenters. The molecule has 1 unspecified atom stereocenters. The summed E-state index contributed by atoms with van der Waals surface area (Å²) in [6, 6.07) is 0. The monoisotopic (exact) mass is 643 g/mol. The molecule has 0 radical (unpaired) electrons. The summed E-state index contributed by atoms with van der Waals surface area (Å²) in [7, 11) is -5.21. The Morgan fingerprint density at radius 1 is 1.00 bits per heavy atom. The molecule has 232 valence electrons. The van der Waals surface area contributed by atoms with Gasteiger partial charge in [0.25, 0.3) is 7.82 Å². The number of rotatable bonds is 20. The average molecular weight is 644 g/mol. The van der Waals surface area contributed by atoms with E-state index in [1.54, 1.807) is 0 Å². The minimum atomic E-state index is -5.21. The van der Waals surface area contributed by atoms with Gasteiger partial charge in [0.2, 0.25) is 0 Å². The van der Waals surface area contributed by atoms with Crippen molar-refractivity contribution in [2.75, 3.05) is 6.61 Å². The number of hydrogen-bond donors (Lipinski definition) is 3. The van der Waals surface area contributed by atoms with Crippen molar-refractivity contribution >= 4 is 30.7 Å². The van der Waals surface area contributed by atoms with Crippen LogP contribution in [0.3, 0.4) is 0 Å². The van der Waals surface area contributed by atoms with Crippen molar-refractivity contribution in [1.82, 2.24) is 19.5 Å². The molecule has 0 saturated carbocycles. The van der Waals surface area contributed by atoms with Gasteiger partial charge < -0.3 is 34.4 Å². The number of aliphatic hydroxyl groups excluding tert-OH is 2. The van der Waals surface area contributed by atoms with E-state index in [0.717, 1.165) is 19.3 Å². The Kier molecular flexibility index (Phi) is 20.7. The quantitative estimate of drug-likeness (QED) is 0.0443. The summed E-state index contributed by atoms with van der Waals surface area (Å²) in [5, 5.41) is 32.6. The molecule has 0 aromatic carbocycles. The number of ether oxygens (including phenoxy) is 1. The van der Waals surface area contributed by atoms with Crippen LogP contribution in [-0.4, -0.2) is 65.4 Å². The van der Waals surface area contributed by atoms with E-state index in [9.17, 15) is 24.8 Å². The summed E-state index contributed by atoms with van der Waals surface area (Å²) in [5.74, 6) is -0.249. The fourth-order valence-corrected chi connectivity index (χ4v) is 5.70. The van der Waals surface area contributed by atoms with Crippen molar-refractivity contribution in [3.63, 3.8) is 0 Å². The first-order valence-corrected chi connectivity index (χ1v) is 16.3. The molecule has 1 fully saturated rings. The minimum absolute atomic E-state index is 0. The average Bonchev–Trinajstić information content (AvgIpc) is 3.49. The number of hydrogen-bond acceptors (Lipinski definition) is 11. The molecule has 1 aliphatic heterocycles. The number of aromatic nitrogens is 4. The van der Waals surface area contributed by atoms with Crippen molar-refractivity contribution in [3.8, 4) is 0 Å². The molecule has 1 aliphatic rings. The van der Waals surface area contributed by atoms with E-state index >= 15 is 0 Å². The van der Waals surface area contributed by atoms with Gasteiger partial charge in [0.1, 0.15) is 24.6 Å². The number of phosphoric acid groups is 1. The Morgan fingerprint density at radius 2 is 1.56 bits per heavy atom. The third kappa shape index (κ3) is 13.7. The first-order valence-electron chi connectivity index (χ1n) is 14.8. The molecule has 43 heavy (non-hydrogen) atoms. The fraction of sp³-hybridized carbons (Fsp3) is 0.778. The predicted molar refractivity (Wildman–Crippen MR) is 149 cm³/mol. The molecule has 13 nitrogen and oxygen atoms in total. The van der Waals surface area contributed by atoms with E-state index in [2.05, 4.69) is 31.4 Å². The van der Waals surface area contributed by atoms with Crippen LogP contribution in [0.5, 0.6) is 0 Å². The smallest absolute Gasteiger partial charge is 0.862 e. The second kappa shape index (κ2) is 21.7. The fourth-order valence-electron chi connectivity index (χ4n) is 5.13. The molecule has 1 saturated heterocycles. The van der Waals surface area contributed by atoms with Crippen molar-refractivity contribution in [3.05, 3.63) is 12.7 Å². The van der Waals surface area contributed by atoms with Crippen LogP contribution in [0, 0.1) is 0 Å². The second-order valence-corrected chi connectivity index (χ2v) is 11.8. The van der Waals surface area contributed by atoms with Crippen LogP contribution in [0.25, 0.3) is 11.2 Å². The molecule has 3 rings (SSSR count). The molecular formula is C27H44N5Na2O8P. The number of imidazole rings is 1. The van der Waals surface area contributed by atoms with Crippen LogP contribution in [0.1, 0.15) is 109 Å². The van der Waals surface area contributed by atoms with E-state index in [0.29, 0.717) is 6.42 Å². The Balaban J connectivity index is 0.00000462. The molecule has 2 aromatic heterocycles. The third-order valence-corrected chi connectivity index (χ3v) is 7.84. The van der Waals surface area contributed by atoms with Crippen molar-refractivity contribution in [2.45, 2.75) is 128 Å². The summed E-state index contributed by atoms with van der Waals surface area (Å²) in [6.45, 7) is 1.57. The number of aliphatic imine (C=N–C) groups is 1. The van der Waals surface area contributed by atoms with Crippen LogP contribution in [0.4, 0.5) is 5.82 Å². The van der Waals surface area contributed by atoms with Gasteiger partial charge in [0, 0.05) is 0 Å². The van der Waals surface area contributed by atoms with Gasteiger partial charge in [-0.1, -0.05) is 90.4 Å². The first-order chi connectivity index (χ1) is 19.7.